The number of anilines is 2. The van der Waals surface area contributed by atoms with Crippen molar-refractivity contribution in [2.24, 2.45) is 0 Å². The summed E-state index contributed by atoms with van der Waals surface area (Å²) in [7, 11) is 2.29. The Balaban J connectivity index is 1.18. The fourth-order valence-electron chi connectivity index (χ4n) is 13.9. The molecule has 14 aromatic carbocycles. The molecule has 0 saturated heterocycles. The maximum absolute atomic E-state index is 2.49. The molecule has 0 spiro atoms. The molecule has 0 bridgehead atoms. The van der Waals surface area contributed by atoms with E-state index in [0.717, 1.165) is 5.69 Å². The van der Waals surface area contributed by atoms with Crippen LogP contribution in [0.3, 0.4) is 0 Å². The lowest BCUT2D eigenvalue weighted by molar-refractivity contribution is 1.20. The number of benzene rings is 14. The van der Waals surface area contributed by atoms with E-state index in [2.05, 4.69) is 280 Å². The first kappa shape index (κ1) is 43.6. The molecule has 77 heavy (non-hydrogen) atoms. The number of fused-ring (bicyclic) bond motifs is 3. The molecule has 0 fully saturated rings. The molecule has 14 aromatic rings. The van der Waals surface area contributed by atoms with E-state index >= 15 is 0 Å². The predicted octanol–water partition coefficient (Wildman–Crippen LogP) is 20.2. The molecule has 0 radical (unpaired) electrons. The van der Waals surface area contributed by atoms with Crippen molar-refractivity contribution in [2.45, 2.75) is 6.92 Å². The van der Waals surface area contributed by atoms with Crippen LogP contribution in [0.15, 0.2) is 266 Å². The van der Waals surface area contributed by atoms with Crippen LogP contribution in [0, 0.1) is 6.92 Å². The molecule has 1 heteroatoms. The van der Waals surface area contributed by atoms with Crippen molar-refractivity contribution in [1.82, 2.24) is 0 Å². The Bertz CT molecular complexity index is 4780. The van der Waals surface area contributed by atoms with Crippen LogP contribution in [0.2, 0.25) is 0 Å². The molecule has 0 amide bonds. The highest BCUT2D eigenvalue weighted by Crippen LogP contribution is 2.67. The summed E-state index contributed by atoms with van der Waals surface area (Å²) in [4.78, 5) is 2.49. The summed E-state index contributed by atoms with van der Waals surface area (Å²) in [6, 6.07) is 97.8. The molecule has 0 aromatic heterocycles. The van der Waals surface area contributed by atoms with Gasteiger partial charge in [-0.2, -0.15) is 0 Å². The summed E-state index contributed by atoms with van der Waals surface area (Å²) in [5.41, 5.74) is 23.3. The zero-order valence-corrected chi connectivity index (χ0v) is 42.8. The quantitative estimate of drug-likeness (QED) is 0.137. The molecule has 0 unspecified atom stereocenters. The number of allylic oxidation sites excluding steroid dienone is 5. The molecule has 0 saturated carbocycles. The minimum atomic E-state index is 1.12. The molecule has 0 atom stereocenters. The summed E-state index contributed by atoms with van der Waals surface area (Å²) in [6.45, 7) is 2.41. The van der Waals surface area contributed by atoms with Gasteiger partial charge in [-0.3, -0.25) is 0 Å². The molecule has 1 nitrogen and oxygen atoms in total. The third kappa shape index (κ3) is 6.29. The number of rotatable bonds is 8. The average molecular weight is 976 g/mol. The van der Waals surface area contributed by atoms with Crippen molar-refractivity contribution in [3.8, 4) is 22.3 Å². The zero-order chi connectivity index (χ0) is 50.9. The van der Waals surface area contributed by atoms with Crippen molar-refractivity contribution in [3.63, 3.8) is 0 Å². The van der Waals surface area contributed by atoms with Crippen LogP contribution < -0.4 is 4.90 Å². The minimum absolute atomic E-state index is 1.12. The van der Waals surface area contributed by atoms with Gasteiger partial charge in [0, 0.05) is 29.4 Å². The summed E-state index contributed by atoms with van der Waals surface area (Å²) < 4.78 is 0. The normalized spacial score (nSPS) is 13.4. The number of hydrogen-bond acceptors (Lipinski definition) is 1. The first-order valence-electron chi connectivity index (χ1n) is 26.9. The van der Waals surface area contributed by atoms with Crippen molar-refractivity contribution < 1.29 is 0 Å². The van der Waals surface area contributed by atoms with E-state index < -0.39 is 0 Å². The Hall–Kier alpha value is -9.82. The van der Waals surface area contributed by atoms with Crippen LogP contribution in [-0.2, 0) is 0 Å². The number of nitrogens with zero attached hydrogens (tertiary/aromatic N) is 1. The predicted molar refractivity (Wildman–Crippen MR) is 329 cm³/mol. The van der Waals surface area contributed by atoms with Crippen molar-refractivity contribution in [1.29, 1.82) is 0 Å². The molecular formula is C76H49N. The second-order valence-electron chi connectivity index (χ2n) is 21.0. The highest BCUT2D eigenvalue weighted by atomic mass is 15.1. The van der Waals surface area contributed by atoms with Crippen molar-refractivity contribution in [3.05, 3.63) is 305 Å². The second kappa shape index (κ2) is 16.8. The topological polar surface area (TPSA) is 3.24 Å². The Labute approximate surface area is 447 Å². The van der Waals surface area contributed by atoms with E-state index in [1.54, 1.807) is 0 Å². The Kier molecular flexibility index (Phi) is 9.53. The number of hydrogen-bond donors (Lipinski definition) is 0. The van der Waals surface area contributed by atoms with Gasteiger partial charge >= 0.3 is 0 Å². The minimum Gasteiger partial charge on any atom is -0.344 e. The maximum atomic E-state index is 2.49. The second-order valence-corrected chi connectivity index (χ2v) is 21.0. The van der Waals surface area contributed by atoms with Gasteiger partial charge in [-0.25, -0.2) is 0 Å². The Morgan fingerprint density at radius 3 is 1.10 bits per heavy atom. The fraction of sp³-hybridized carbons (Fsp3) is 0.0263. The fourth-order valence-corrected chi connectivity index (χ4v) is 13.9. The van der Waals surface area contributed by atoms with Crippen LogP contribution in [0.1, 0.15) is 38.9 Å². The SMILES string of the molecule is Cc1c2c(c(N(C)c3ccccc3)c(-c3ccccc3)c1-c1ccccc1)C1=C(c3ccccc3)C(c3ccccc3)=C(c3ccc4ccc5cccc6ccc3c4c56)C1=C2c1ccc2ccc3cccc4ccc1c2c34. The monoisotopic (exact) mass is 975 g/mol. The van der Waals surface area contributed by atoms with Crippen molar-refractivity contribution >= 4 is 104 Å². The zero-order valence-electron chi connectivity index (χ0n) is 42.8. The summed E-state index contributed by atoms with van der Waals surface area (Å²) in [5, 5.41) is 15.3. The molecule has 358 valence electrons. The van der Waals surface area contributed by atoms with Gasteiger partial charge in [0.25, 0.3) is 0 Å². The smallest absolute Gasteiger partial charge is 0.0580 e. The van der Waals surface area contributed by atoms with Crippen LogP contribution in [0.5, 0.6) is 0 Å². The van der Waals surface area contributed by atoms with Crippen LogP contribution in [0.4, 0.5) is 11.4 Å². The summed E-state index contributed by atoms with van der Waals surface area (Å²) >= 11 is 0. The van der Waals surface area contributed by atoms with Crippen LogP contribution >= 0.6 is 0 Å². The maximum Gasteiger partial charge on any atom is 0.0580 e. The van der Waals surface area contributed by atoms with Crippen molar-refractivity contribution in [2.75, 3.05) is 11.9 Å². The third-order valence-electron chi connectivity index (χ3n) is 17.0. The van der Waals surface area contributed by atoms with Crippen LogP contribution in [0.25, 0.3) is 115 Å². The first-order chi connectivity index (χ1) is 38.1. The van der Waals surface area contributed by atoms with E-state index in [1.165, 1.54) is 165 Å². The molecule has 2 aliphatic rings. The van der Waals surface area contributed by atoms with E-state index in [9.17, 15) is 0 Å². The van der Waals surface area contributed by atoms with Gasteiger partial charge in [0.15, 0.2) is 0 Å². The largest absolute Gasteiger partial charge is 0.344 e. The van der Waals surface area contributed by atoms with Crippen LogP contribution in [-0.4, -0.2) is 7.05 Å². The molecule has 2 aliphatic carbocycles. The Morgan fingerprint density at radius 2 is 0.623 bits per heavy atom. The lowest BCUT2D eigenvalue weighted by Crippen LogP contribution is -2.15. The lowest BCUT2D eigenvalue weighted by Gasteiger charge is -2.31. The lowest BCUT2D eigenvalue weighted by atomic mass is 9.79. The van der Waals surface area contributed by atoms with E-state index in [4.69, 9.17) is 0 Å². The van der Waals surface area contributed by atoms with Gasteiger partial charge in [0.05, 0.1) is 5.69 Å². The Morgan fingerprint density at radius 1 is 0.247 bits per heavy atom. The van der Waals surface area contributed by atoms with Gasteiger partial charge in [0.1, 0.15) is 0 Å². The van der Waals surface area contributed by atoms with E-state index in [-0.39, 0.29) is 0 Å². The highest BCUT2D eigenvalue weighted by molar-refractivity contribution is 6.43. The summed E-state index contributed by atoms with van der Waals surface area (Å²) in [5.74, 6) is 0. The first-order valence-corrected chi connectivity index (χ1v) is 26.9. The van der Waals surface area contributed by atoms with Gasteiger partial charge in [-0.1, -0.05) is 249 Å². The molecule has 0 N–H and O–H groups in total. The number of para-hydroxylation sites is 1. The van der Waals surface area contributed by atoms with Gasteiger partial charge in [-0.15, -0.1) is 0 Å². The standard InChI is InChI=1S/C76H49N/c1-46-62(47-20-8-3-9-21-47)70(50-26-14-6-15-27-50)76(77(2)57-32-16-7-17-33-57)75-63(46)71(60-44-40-55-36-34-51-28-18-30-53-38-42-58(60)66(55)64(51)53)74-72(68(48-22-10-4-11-23-48)69(73(74)75)49-24-12-5-13-25-49)61-45-41-56-37-35-52-29-19-31-54-39-43-59(61)67(56)65(52)54/h3-45H,1-2H3. The highest BCUT2D eigenvalue weighted by Gasteiger charge is 2.45. The van der Waals surface area contributed by atoms with E-state index in [0.29, 0.717) is 0 Å². The molecular weight excluding hydrogens is 927 g/mol. The molecule has 16 rings (SSSR count). The van der Waals surface area contributed by atoms with Gasteiger partial charge in [-0.05, 0) is 162 Å². The molecule has 0 aliphatic heterocycles. The van der Waals surface area contributed by atoms with E-state index in [1.807, 2.05) is 0 Å². The third-order valence-corrected chi connectivity index (χ3v) is 17.0. The van der Waals surface area contributed by atoms with Gasteiger partial charge < -0.3 is 4.90 Å². The molecule has 0 heterocycles. The summed E-state index contributed by atoms with van der Waals surface area (Å²) in [6.07, 6.45) is 0. The van der Waals surface area contributed by atoms with Gasteiger partial charge in [0.2, 0.25) is 0 Å². The average Bonchev–Trinajstić information content (AvgIpc) is 4.19.